The molecule has 1 aromatic heterocycles. The van der Waals surface area contributed by atoms with E-state index in [0.29, 0.717) is 0 Å². The Morgan fingerprint density at radius 2 is 2.33 bits per heavy atom. The van der Waals surface area contributed by atoms with E-state index >= 15 is 0 Å². The fraction of sp³-hybridized carbons (Fsp3) is 0.125. The Balaban J connectivity index is 2.31. The van der Waals surface area contributed by atoms with Crippen LogP contribution in [0.1, 0.15) is 11.6 Å². The van der Waals surface area contributed by atoms with Crippen molar-refractivity contribution in [2.24, 2.45) is 0 Å². The van der Waals surface area contributed by atoms with Gasteiger partial charge >= 0.3 is 0 Å². The molecular weight excluding hydrogens is 172 g/mol. The van der Waals surface area contributed by atoms with E-state index in [4.69, 9.17) is 0 Å². The Bertz CT molecular complexity index is 340. The van der Waals surface area contributed by atoms with Gasteiger partial charge < -0.3 is 0 Å². The molecule has 0 saturated carbocycles. The second kappa shape index (κ2) is 2.98. The lowest BCUT2D eigenvalue weighted by molar-refractivity contribution is -0.115. The van der Waals surface area contributed by atoms with Crippen molar-refractivity contribution in [2.45, 2.75) is 5.92 Å². The van der Waals surface area contributed by atoms with Gasteiger partial charge in [0, 0.05) is 5.38 Å². The zero-order valence-corrected chi connectivity index (χ0v) is 6.99. The van der Waals surface area contributed by atoms with Gasteiger partial charge in [-0.1, -0.05) is 22.7 Å². The SMILES string of the molecule is O=C1C=CC=CC1c1csnn1. The number of hydrogen-bond donors (Lipinski definition) is 0. The minimum Gasteiger partial charge on any atom is -0.294 e. The van der Waals surface area contributed by atoms with Crippen LogP contribution in [-0.2, 0) is 4.79 Å². The van der Waals surface area contributed by atoms with Crippen LogP contribution in [0.15, 0.2) is 29.7 Å². The highest BCUT2D eigenvalue weighted by Crippen LogP contribution is 2.19. The molecule has 1 aliphatic carbocycles. The van der Waals surface area contributed by atoms with Gasteiger partial charge in [-0.25, -0.2) is 0 Å². The van der Waals surface area contributed by atoms with Crippen LogP contribution in [0.2, 0.25) is 0 Å². The highest BCUT2D eigenvalue weighted by Gasteiger charge is 2.18. The van der Waals surface area contributed by atoms with E-state index in [1.54, 1.807) is 17.5 Å². The molecule has 4 heteroatoms. The summed E-state index contributed by atoms with van der Waals surface area (Å²) in [5, 5.41) is 5.65. The molecule has 0 amide bonds. The molecule has 0 aliphatic heterocycles. The van der Waals surface area contributed by atoms with Crippen molar-refractivity contribution in [3.63, 3.8) is 0 Å². The standard InChI is InChI=1S/C8H6N2OS/c11-8-4-2-1-3-6(8)7-5-12-10-9-7/h1-6H. The molecule has 0 radical (unpaired) electrons. The second-order valence-electron chi connectivity index (χ2n) is 2.45. The van der Waals surface area contributed by atoms with Crippen LogP contribution < -0.4 is 0 Å². The Morgan fingerprint density at radius 1 is 1.42 bits per heavy atom. The van der Waals surface area contributed by atoms with Gasteiger partial charge in [0.1, 0.15) is 0 Å². The van der Waals surface area contributed by atoms with Gasteiger partial charge in [0.25, 0.3) is 0 Å². The molecule has 0 saturated heterocycles. The van der Waals surface area contributed by atoms with Crippen molar-refractivity contribution in [3.8, 4) is 0 Å². The molecular formula is C8H6N2OS. The Kier molecular flexibility index (Phi) is 1.83. The lowest BCUT2D eigenvalue weighted by Crippen LogP contribution is -2.09. The number of allylic oxidation sites excluding steroid dienone is 4. The van der Waals surface area contributed by atoms with E-state index in [1.165, 1.54) is 11.5 Å². The van der Waals surface area contributed by atoms with Gasteiger partial charge in [0.05, 0.1) is 11.6 Å². The Morgan fingerprint density at radius 3 is 3.00 bits per heavy atom. The van der Waals surface area contributed by atoms with Crippen LogP contribution in [-0.4, -0.2) is 15.4 Å². The summed E-state index contributed by atoms with van der Waals surface area (Å²) in [5.41, 5.74) is 0.741. The zero-order chi connectivity index (χ0) is 8.39. The van der Waals surface area contributed by atoms with Crippen LogP contribution in [0.25, 0.3) is 0 Å². The molecule has 0 fully saturated rings. The van der Waals surface area contributed by atoms with Crippen LogP contribution in [0.4, 0.5) is 0 Å². The first kappa shape index (κ1) is 7.36. The van der Waals surface area contributed by atoms with Gasteiger partial charge in [-0.3, -0.25) is 4.79 Å². The summed E-state index contributed by atoms with van der Waals surface area (Å²) in [6.07, 6.45) is 6.98. The van der Waals surface area contributed by atoms with Gasteiger partial charge in [0.15, 0.2) is 5.78 Å². The molecule has 60 valence electrons. The highest BCUT2D eigenvalue weighted by atomic mass is 32.1. The van der Waals surface area contributed by atoms with Crippen molar-refractivity contribution in [1.82, 2.24) is 9.59 Å². The van der Waals surface area contributed by atoms with E-state index in [0.717, 1.165) is 5.69 Å². The molecule has 2 rings (SSSR count). The Hall–Kier alpha value is -1.29. The van der Waals surface area contributed by atoms with Crippen molar-refractivity contribution >= 4 is 17.3 Å². The van der Waals surface area contributed by atoms with Crippen LogP contribution in [0.5, 0.6) is 0 Å². The van der Waals surface area contributed by atoms with Gasteiger partial charge in [-0.15, -0.1) is 5.10 Å². The predicted octanol–water partition coefficient (Wildman–Crippen LogP) is 1.32. The molecule has 0 N–H and O–H groups in total. The van der Waals surface area contributed by atoms with Crippen molar-refractivity contribution in [2.75, 3.05) is 0 Å². The van der Waals surface area contributed by atoms with E-state index < -0.39 is 0 Å². The summed E-state index contributed by atoms with van der Waals surface area (Å²) in [5.74, 6) is -0.140. The smallest absolute Gasteiger partial charge is 0.168 e. The Labute approximate surface area is 73.6 Å². The van der Waals surface area contributed by atoms with Crippen molar-refractivity contribution < 1.29 is 4.79 Å². The van der Waals surface area contributed by atoms with Crippen molar-refractivity contribution in [3.05, 3.63) is 35.4 Å². The minimum atomic E-state index is -0.214. The quantitative estimate of drug-likeness (QED) is 0.651. The van der Waals surface area contributed by atoms with Crippen LogP contribution >= 0.6 is 11.5 Å². The molecule has 1 aliphatic rings. The number of ketones is 1. The van der Waals surface area contributed by atoms with Gasteiger partial charge in [-0.05, 0) is 17.6 Å². The fourth-order valence-corrected chi connectivity index (χ4v) is 1.57. The summed E-state index contributed by atoms with van der Waals surface area (Å²) in [6.45, 7) is 0. The van der Waals surface area contributed by atoms with Crippen LogP contribution in [0.3, 0.4) is 0 Å². The third-order valence-corrected chi connectivity index (χ3v) is 2.20. The lowest BCUT2D eigenvalue weighted by Gasteiger charge is -2.06. The first-order chi connectivity index (χ1) is 5.88. The third-order valence-electron chi connectivity index (χ3n) is 1.68. The third kappa shape index (κ3) is 1.21. The first-order valence-electron chi connectivity index (χ1n) is 3.53. The number of aromatic nitrogens is 2. The number of nitrogens with zero attached hydrogens (tertiary/aromatic N) is 2. The summed E-state index contributed by atoms with van der Waals surface area (Å²) in [7, 11) is 0. The fourth-order valence-electron chi connectivity index (χ4n) is 1.08. The lowest BCUT2D eigenvalue weighted by atomic mass is 9.97. The molecule has 0 spiro atoms. The predicted molar refractivity (Wildman–Crippen MR) is 45.9 cm³/mol. The molecule has 1 aromatic rings. The number of carbonyl (C=O) groups excluding carboxylic acids is 1. The number of carbonyl (C=O) groups is 1. The van der Waals surface area contributed by atoms with E-state index in [1.807, 2.05) is 12.2 Å². The normalized spacial score (nSPS) is 21.7. The minimum absolute atomic E-state index is 0.0743. The molecule has 1 atom stereocenters. The average molecular weight is 178 g/mol. The molecule has 0 aromatic carbocycles. The maximum atomic E-state index is 11.3. The molecule has 0 bridgehead atoms. The maximum absolute atomic E-state index is 11.3. The highest BCUT2D eigenvalue weighted by molar-refractivity contribution is 7.03. The summed E-state index contributed by atoms with van der Waals surface area (Å²) in [6, 6.07) is 0. The number of hydrogen-bond acceptors (Lipinski definition) is 4. The molecule has 3 nitrogen and oxygen atoms in total. The second-order valence-corrected chi connectivity index (χ2v) is 3.06. The van der Waals surface area contributed by atoms with Crippen LogP contribution in [0, 0.1) is 0 Å². The van der Waals surface area contributed by atoms with E-state index in [9.17, 15) is 4.79 Å². The van der Waals surface area contributed by atoms with E-state index in [2.05, 4.69) is 9.59 Å². The van der Waals surface area contributed by atoms with Gasteiger partial charge in [-0.2, -0.15) is 0 Å². The summed E-state index contributed by atoms with van der Waals surface area (Å²) < 4.78 is 3.71. The van der Waals surface area contributed by atoms with Crippen molar-refractivity contribution in [1.29, 1.82) is 0 Å². The molecule has 1 unspecified atom stereocenters. The monoisotopic (exact) mass is 178 g/mol. The van der Waals surface area contributed by atoms with Gasteiger partial charge in [0.2, 0.25) is 0 Å². The largest absolute Gasteiger partial charge is 0.294 e. The first-order valence-corrected chi connectivity index (χ1v) is 4.37. The topological polar surface area (TPSA) is 42.9 Å². The zero-order valence-electron chi connectivity index (χ0n) is 6.18. The molecule has 12 heavy (non-hydrogen) atoms. The average Bonchev–Trinajstić information content (AvgIpc) is 2.57. The summed E-state index contributed by atoms with van der Waals surface area (Å²) >= 11 is 1.26. The van der Waals surface area contributed by atoms with E-state index in [-0.39, 0.29) is 11.7 Å². The number of rotatable bonds is 1. The maximum Gasteiger partial charge on any atom is 0.168 e. The molecule has 1 heterocycles. The summed E-state index contributed by atoms with van der Waals surface area (Å²) in [4.78, 5) is 11.3.